The number of fused-ring (bicyclic) bond motifs is 1. The minimum absolute atomic E-state index is 0.292. The van der Waals surface area contributed by atoms with E-state index in [1.807, 2.05) is 72.8 Å². The van der Waals surface area contributed by atoms with Crippen LogP contribution in [0.3, 0.4) is 0 Å². The Kier molecular flexibility index (Phi) is 7.33. The summed E-state index contributed by atoms with van der Waals surface area (Å²) in [5.74, 6) is 0.772. The third kappa shape index (κ3) is 5.35. The molecule has 0 fully saturated rings. The van der Waals surface area contributed by atoms with Crippen LogP contribution < -0.4 is 0 Å². The Balaban J connectivity index is 1.60. The first-order valence-corrected chi connectivity index (χ1v) is 12.5. The second-order valence-corrected chi connectivity index (χ2v) is 9.81. The molecule has 35 heavy (non-hydrogen) atoms. The number of imidazole rings is 1. The van der Waals surface area contributed by atoms with Crippen molar-refractivity contribution in [2.75, 3.05) is 0 Å². The minimum Gasteiger partial charge on any atom is -0.361 e. The molecule has 5 rings (SSSR count). The van der Waals surface area contributed by atoms with Crippen molar-refractivity contribution in [3.63, 3.8) is 0 Å². The van der Waals surface area contributed by atoms with Crippen molar-refractivity contribution in [3.05, 3.63) is 134 Å². The lowest BCUT2D eigenvalue weighted by molar-refractivity contribution is 0.0593. The van der Waals surface area contributed by atoms with Crippen LogP contribution in [0.1, 0.15) is 28.6 Å². The summed E-state index contributed by atoms with van der Waals surface area (Å²) in [7, 11) is 0. The summed E-state index contributed by atoms with van der Waals surface area (Å²) in [6.45, 7) is 0.806. The molecule has 0 saturated carbocycles. The molecule has 176 valence electrons. The van der Waals surface area contributed by atoms with Gasteiger partial charge in [-0.2, -0.15) is 0 Å². The lowest BCUT2D eigenvalue weighted by Crippen LogP contribution is -2.15. The molecule has 0 aliphatic rings. The summed E-state index contributed by atoms with van der Waals surface area (Å²) in [5, 5.41) is 2.34. The largest absolute Gasteiger partial charge is 0.361 e. The first-order chi connectivity index (χ1) is 17.0. The summed E-state index contributed by atoms with van der Waals surface area (Å²) in [6.07, 6.45) is -0.443. The van der Waals surface area contributed by atoms with Crippen LogP contribution in [0.15, 0.2) is 91.0 Å². The second kappa shape index (κ2) is 10.6. The van der Waals surface area contributed by atoms with Gasteiger partial charge in [-0.05, 0) is 53.1 Å². The third-order valence-corrected chi connectivity index (χ3v) is 6.96. The fourth-order valence-corrected chi connectivity index (χ4v) is 4.97. The van der Waals surface area contributed by atoms with E-state index in [4.69, 9.17) is 56.1 Å². The lowest BCUT2D eigenvalue weighted by atomic mass is 10.1. The Bertz CT molecular complexity index is 1480. The van der Waals surface area contributed by atoms with Crippen molar-refractivity contribution in [1.82, 2.24) is 9.55 Å². The molecular formula is C28H20Cl4N2O. The quantitative estimate of drug-likeness (QED) is 0.205. The van der Waals surface area contributed by atoms with Crippen LogP contribution in [-0.4, -0.2) is 9.55 Å². The summed E-state index contributed by atoms with van der Waals surface area (Å²) in [5.41, 5.74) is 4.63. The highest BCUT2D eigenvalue weighted by Crippen LogP contribution is 2.33. The topological polar surface area (TPSA) is 27.1 Å². The van der Waals surface area contributed by atoms with Gasteiger partial charge in [0.1, 0.15) is 11.9 Å². The standard InChI is InChI=1S/C28H20Cl4N2O/c29-21-12-10-19(23(31)14-21)16-34-26-9-5-4-8-25(26)33-28(34)27(18-6-2-1-3-7-18)35-17-20-11-13-22(30)15-24(20)32/h1-15,27H,16-17H2. The summed E-state index contributed by atoms with van der Waals surface area (Å²) in [4.78, 5) is 5.00. The average molecular weight is 542 g/mol. The molecule has 3 nitrogen and oxygen atoms in total. The zero-order chi connectivity index (χ0) is 24.4. The predicted octanol–water partition coefficient (Wildman–Crippen LogP) is 9.00. The molecule has 0 bridgehead atoms. The smallest absolute Gasteiger partial charge is 0.144 e. The molecule has 0 N–H and O–H groups in total. The van der Waals surface area contributed by atoms with Gasteiger partial charge in [0.15, 0.2) is 0 Å². The summed E-state index contributed by atoms with van der Waals surface area (Å²) >= 11 is 25.2. The van der Waals surface area contributed by atoms with E-state index in [1.165, 1.54) is 0 Å². The van der Waals surface area contributed by atoms with E-state index in [1.54, 1.807) is 18.2 Å². The number of halogens is 4. The highest BCUT2D eigenvalue weighted by atomic mass is 35.5. The Labute approximate surface area is 223 Å². The van der Waals surface area contributed by atoms with Gasteiger partial charge in [-0.15, -0.1) is 0 Å². The number of aromatic nitrogens is 2. The number of ether oxygens (including phenoxy) is 1. The molecule has 0 aliphatic heterocycles. The molecule has 5 aromatic rings. The van der Waals surface area contributed by atoms with Crippen molar-refractivity contribution in [1.29, 1.82) is 0 Å². The lowest BCUT2D eigenvalue weighted by Gasteiger charge is -2.21. The van der Waals surface area contributed by atoms with Crippen molar-refractivity contribution in [3.8, 4) is 0 Å². The normalized spacial score (nSPS) is 12.2. The molecule has 0 spiro atoms. The SMILES string of the molecule is Clc1ccc(COC(c2ccccc2)c2nc3ccccc3n2Cc2ccc(Cl)cc2Cl)c(Cl)c1. The van der Waals surface area contributed by atoms with Crippen LogP contribution >= 0.6 is 46.4 Å². The zero-order valence-corrected chi connectivity index (χ0v) is 21.5. The molecule has 1 heterocycles. The fourth-order valence-electron chi connectivity index (χ4n) is 4.04. The summed E-state index contributed by atoms with van der Waals surface area (Å²) < 4.78 is 8.66. The molecular weight excluding hydrogens is 522 g/mol. The highest BCUT2D eigenvalue weighted by molar-refractivity contribution is 6.35. The van der Waals surface area contributed by atoms with Crippen LogP contribution in [0.2, 0.25) is 20.1 Å². The summed E-state index contributed by atoms with van der Waals surface area (Å²) in [6, 6.07) is 29.0. The Morgan fingerprint density at radius 2 is 1.34 bits per heavy atom. The monoisotopic (exact) mass is 540 g/mol. The molecule has 0 radical (unpaired) electrons. The van der Waals surface area contributed by atoms with E-state index in [0.717, 1.165) is 33.5 Å². The molecule has 7 heteroatoms. The first-order valence-electron chi connectivity index (χ1n) is 11.0. The number of hydrogen-bond acceptors (Lipinski definition) is 2. The molecule has 1 aromatic heterocycles. The van der Waals surface area contributed by atoms with E-state index < -0.39 is 6.10 Å². The second-order valence-electron chi connectivity index (χ2n) is 8.12. The van der Waals surface area contributed by atoms with Gasteiger partial charge in [0.2, 0.25) is 0 Å². The minimum atomic E-state index is -0.443. The van der Waals surface area contributed by atoms with Gasteiger partial charge in [0.05, 0.1) is 24.2 Å². The molecule has 4 aromatic carbocycles. The number of hydrogen-bond donors (Lipinski definition) is 0. The molecule has 0 aliphatic carbocycles. The van der Waals surface area contributed by atoms with E-state index >= 15 is 0 Å². The Hall–Kier alpha value is -2.53. The Morgan fingerprint density at radius 1 is 0.714 bits per heavy atom. The van der Waals surface area contributed by atoms with Gasteiger partial charge in [-0.3, -0.25) is 0 Å². The number of para-hydroxylation sites is 2. The predicted molar refractivity (Wildman–Crippen MR) is 145 cm³/mol. The van der Waals surface area contributed by atoms with Gasteiger partial charge in [0.25, 0.3) is 0 Å². The zero-order valence-electron chi connectivity index (χ0n) is 18.5. The van der Waals surface area contributed by atoms with E-state index in [-0.39, 0.29) is 0 Å². The van der Waals surface area contributed by atoms with Crippen molar-refractivity contribution >= 4 is 57.4 Å². The van der Waals surface area contributed by atoms with Crippen LogP contribution in [0.25, 0.3) is 11.0 Å². The van der Waals surface area contributed by atoms with Crippen LogP contribution in [0.4, 0.5) is 0 Å². The van der Waals surface area contributed by atoms with Crippen molar-refractivity contribution in [2.45, 2.75) is 19.3 Å². The Morgan fingerprint density at radius 3 is 2.03 bits per heavy atom. The van der Waals surface area contributed by atoms with Gasteiger partial charge >= 0.3 is 0 Å². The van der Waals surface area contributed by atoms with E-state index in [9.17, 15) is 0 Å². The van der Waals surface area contributed by atoms with Gasteiger partial charge in [-0.25, -0.2) is 4.98 Å². The van der Waals surface area contributed by atoms with Crippen molar-refractivity contribution in [2.24, 2.45) is 0 Å². The molecule has 0 saturated heterocycles. The van der Waals surface area contributed by atoms with Crippen LogP contribution in [-0.2, 0) is 17.9 Å². The van der Waals surface area contributed by atoms with E-state index in [0.29, 0.717) is 33.2 Å². The van der Waals surface area contributed by atoms with Gasteiger partial charge in [0, 0.05) is 20.1 Å². The number of benzene rings is 4. The van der Waals surface area contributed by atoms with Crippen LogP contribution in [0, 0.1) is 0 Å². The highest BCUT2D eigenvalue weighted by Gasteiger charge is 2.24. The third-order valence-electron chi connectivity index (χ3n) is 5.79. The van der Waals surface area contributed by atoms with Crippen LogP contribution in [0.5, 0.6) is 0 Å². The fraction of sp³-hybridized carbons (Fsp3) is 0.107. The maximum Gasteiger partial charge on any atom is 0.144 e. The first kappa shape index (κ1) is 24.2. The van der Waals surface area contributed by atoms with E-state index in [2.05, 4.69) is 4.57 Å². The molecule has 0 amide bonds. The van der Waals surface area contributed by atoms with Gasteiger partial charge < -0.3 is 9.30 Å². The maximum absolute atomic E-state index is 6.54. The van der Waals surface area contributed by atoms with Crippen molar-refractivity contribution < 1.29 is 4.74 Å². The number of nitrogens with zero attached hydrogens (tertiary/aromatic N) is 2. The maximum atomic E-state index is 6.54. The molecule has 1 atom stereocenters. The average Bonchev–Trinajstić information content (AvgIpc) is 3.21. The molecule has 1 unspecified atom stereocenters. The van der Waals surface area contributed by atoms with Gasteiger partial charge in [-0.1, -0.05) is 101 Å². The number of rotatable bonds is 7.